The zero-order chi connectivity index (χ0) is 12.8. The largest absolute Gasteiger partial charge is 0.507 e. The molecule has 0 aliphatic rings. The lowest BCUT2D eigenvalue weighted by molar-refractivity contribution is 0.0523. The van der Waals surface area contributed by atoms with Crippen molar-refractivity contribution in [1.29, 1.82) is 0 Å². The van der Waals surface area contributed by atoms with E-state index in [9.17, 15) is 14.7 Å². The molecule has 0 aliphatic heterocycles. The summed E-state index contributed by atoms with van der Waals surface area (Å²) in [6.07, 6.45) is 0.340. The number of benzene rings is 1. The molecule has 0 saturated heterocycles. The number of ether oxygens (including phenoxy) is 1. The monoisotopic (exact) mass is 300 g/mol. The van der Waals surface area contributed by atoms with E-state index in [-0.39, 0.29) is 23.7 Å². The number of aromatic hydroxyl groups is 1. The molecule has 0 radical (unpaired) electrons. The van der Waals surface area contributed by atoms with Crippen LogP contribution in [-0.4, -0.2) is 28.8 Å². The van der Waals surface area contributed by atoms with E-state index in [0.717, 1.165) is 0 Å². The predicted octanol–water partition coefficient (Wildman–Crippen LogP) is 2.54. The first-order chi connectivity index (χ1) is 8.10. The molecule has 0 saturated carbocycles. The molecular weight excluding hydrogens is 288 g/mol. The van der Waals surface area contributed by atoms with E-state index in [4.69, 9.17) is 4.74 Å². The molecule has 1 rings (SSSR count). The topological polar surface area (TPSA) is 63.6 Å². The number of phenolic OH excluding ortho intramolecular Hbond substituents is 1. The standard InChI is InChI=1S/C12H13BrO4/c1-2-17-12(16)9-7-8(3-4-11(9)15)10(14)5-6-13/h3-4,7,15H,2,5-6H2,1H3. The van der Waals surface area contributed by atoms with Crippen LogP contribution in [0.3, 0.4) is 0 Å². The molecule has 1 N–H and O–H groups in total. The fraction of sp³-hybridized carbons (Fsp3) is 0.333. The fourth-order valence-corrected chi connectivity index (χ4v) is 1.67. The van der Waals surface area contributed by atoms with Gasteiger partial charge in [-0.1, -0.05) is 15.9 Å². The summed E-state index contributed by atoms with van der Waals surface area (Å²) < 4.78 is 4.78. The van der Waals surface area contributed by atoms with Crippen LogP contribution in [0.15, 0.2) is 18.2 Å². The van der Waals surface area contributed by atoms with Crippen molar-refractivity contribution in [3.63, 3.8) is 0 Å². The van der Waals surface area contributed by atoms with Crippen LogP contribution in [0.2, 0.25) is 0 Å². The second kappa shape index (κ2) is 6.39. The highest BCUT2D eigenvalue weighted by atomic mass is 79.9. The maximum Gasteiger partial charge on any atom is 0.341 e. The summed E-state index contributed by atoms with van der Waals surface area (Å²) in [5.41, 5.74) is 0.414. The molecule has 0 unspecified atom stereocenters. The minimum absolute atomic E-state index is 0.0206. The minimum atomic E-state index is -0.626. The Hall–Kier alpha value is -1.36. The molecule has 92 valence electrons. The first-order valence-electron chi connectivity index (χ1n) is 5.19. The van der Waals surface area contributed by atoms with Gasteiger partial charge in [-0.3, -0.25) is 4.79 Å². The van der Waals surface area contributed by atoms with Crippen LogP contribution < -0.4 is 0 Å². The number of halogens is 1. The number of rotatable bonds is 5. The van der Waals surface area contributed by atoms with Gasteiger partial charge >= 0.3 is 5.97 Å². The average Bonchev–Trinajstić information content (AvgIpc) is 2.30. The Bertz CT molecular complexity index is 429. The smallest absolute Gasteiger partial charge is 0.341 e. The van der Waals surface area contributed by atoms with Gasteiger partial charge in [0, 0.05) is 17.3 Å². The van der Waals surface area contributed by atoms with Crippen LogP contribution in [0.4, 0.5) is 0 Å². The quantitative estimate of drug-likeness (QED) is 0.516. The van der Waals surface area contributed by atoms with Crippen molar-refractivity contribution in [2.75, 3.05) is 11.9 Å². The zero-order valence-electron chi connectivity index (χ0n) is 9.40. The van der Waals surface area contributed by atoms with E-state index >= 15 is 0 Å². The lowest BCUT2D eigenvalue weighted by atomic mass is 10.0. The Labute approximate surface area is 108 Å². The predicted molar refractivity (Wildman–Crippen MR) is 66.8 cm³/mol. The second-order valence-corrected chi connectivity index (χ2v) is 4.11. The van der Waals surface area contributed by atoms with Gasteiger partial charge in [0.15, 0.2) is 5.78 Å². The third-order valence-corrected chi connectivity index (χ3v) is 2.53. The van der Waals surface area contributed by atoms with Crippen molar-refractivity contribution in [3.8, 4) is 5.75 Å². The van der Waals surface area contributed by atoms with Crippen LogP contribution in [0.1, 0.15) is 34.1 Å². The number of esters is 1. The zero-order valence-corrected chi connectivity index (χ0v) is 11.0. The van der Waals surface area contributed by atoms with Crippen molar-refractivity contribution in [3.05, 3.63) is 29.3 Å². The number of Topliss-reactive ketones (excluding diaryl/α,β-unsaturated/α-hetero) is 1. The first kappa shape index (κ1) is 13.7. The Morgan fingerprint density at radius 1 is 1.41 bits per heavy atom. The number of phenols is 1. The van der Waals surface area contributed by atoms with Crippen molar-refractivity contribution in [2.24, 2.45) is 0 Å². The summed E-state index contributed by atoms with van der Waals surface area (Å²) in [5, 5.41) is 10.1. The third kappa shape index (κ3) is 3.56. The summed E-state index contributed by atoms with van der Waals surface area (Å²) in [4.78, 5) is 23.1. The van der Waals surface area contributed by atoms with E-state index in [1.165, 1.54) is 18.2 Å². The Balaban J connectivity index is 3.02. The van der Waals surface area contributed by atoms with Gasteiger partial charge in [-0.15, -0.1) is 0 Å². The summed E-state index contributed by atoms with van der Waals surface area (Å²) in [5.74, 6) is -0.898. The lowest BCUT2D eigenvalue weighted by Gasteiger charge is -2.06. The molecule has 0 amide bonds. The van der Waals surface area contributed by atoms with Crippen LogP contribution in [0.5, 0.6) is 5.75 Å². The fourth-order valence-electron chi connectivity index (χ4n) is 1.31. The Morgan fingerprint density at radius 3 is 2.71 bits per heavy atom. The SMILES string of the molecule is CCOC(=O)c1cc(C(=O)CCBr)ccc1O. The molecule has 0 aromatic heterocycles. The van der Waals surface area contributed by atoms with E-state index in [1.54, 1.807) is 6.92 Å². The van der Waals surface area contributed by atoms with E-state index in [2.05, 4.69) is 15.9 Å². The molecule has 1 aromatic rings. The number of hydrogen-bond acceptors (Lipinski definition) is 4. The summed E-state index contributed by atoms with van der Waals surface area (Å²) in [7, 11) is 0. The van der Waals surface area contributed by atoms with Crippen LogP contribution in [0.25, 0.3) is 0 Å². The first-order valence-corrected chi connectivity index (χ1v) is 6.31. The molecular formula is C12H13BrO4. The van der Waals surface area contributed by atoms with Gasteiger partial charge in [-0.05, 0) is 25.1 Å². The second-order valence-electron chi connectivity index (χ2n) is 3.31. The van der Waals surface area contributed by atoms with Crippen LogP contribution >= 0.6 is 15.9 Å². The highest BCUT2D eigenvalue weighted by Gasteiger charge is 2.15. The Morgan fingerprint density at radius 2 is 2.12 bits per heavy atom. The molecule has 0 atom stereocenters. The van der Waals surface area contributed by atoms with Gasteiger partial charge < -0.3 is 9.84 Å². The van der Waals surface area contributed by atoms with Crippen molar-refractivity contribution < 1.29 is 19.4 Å². The molecule has 0 heterocycles. The van der Waals surface area contributed by atoms with E-state index < -0.39 is 5.97 Å². The molecule has 0 aliphatic carbocycles. The molecule has 1 aromatic carbocycles. The number of alkyl halides is 1. The van der Waals surface area contributed by atoms with Crippen LogP contribution in [-0.2, 0) is 4.74 Å². The van der Waals surface area contributed by atoms with Crippen molar-refractivity contribution in [1.82, 2.24) is 0 Å². The molecule has 17 heavy (non-hydrogen) atoms. The minimum Gasteiger partial charge on any atom is -0.507 e. The lowest BCUT2D eigenvalue weighted by Crippen LogP contribution is -2.07. The molecule has 5 heteroatoms. The number of hydrogen-bond donors (Lipinski definition) is 1. The average molecular weight is 301 g/mol. The summed E-state index contributed by atoms with van der Waals surface area (Å²) in [6, 6.07) is 4.18. The highest BCUT2D eigenvalue weighted by molar-refractivity contribution is 9.09. The van der Waals surface area contributed by atoms with Gasteiger partial charge in [0.25, 0.3) is 0 Å². The normalized spacial score (nSPS) is 10.0. The molecule has 0 fully saturated rings. The van der Waals surface area contributed by atoms with Gasteiger partial charge in [-0.25, -0.2) is 4.79 Å². The van der Waals surface area contributed by atoms with E-state index in [0.29, 0.717) is 17.3 Å². The summed E-state index contributed by atoms with van der Waals surface area (Å²) >= 11 is 3.17. The molecule has 4 nitrogen and oxygen atoms in total. The third-order valence-electron chi connectivity index (χ3n) is 2.14. The summed E-state index contributed by atoms with van der Waals surface area (Å²) in [6.45, 7) is 1.90. The van der Waals surface area contributed by atoms with Gasteiger partial charge in [-0.2, -0.15) is 0 Å². The van der Waals surface area contributed by atoms with E-state index in [1.807, 2.05) is 0 Å². The van der Waals surface area contributed by atoms with Crippen molar-refractivity contribution >= 4 is 27.7 Å². The maximum atomic E-state index is 11.6. The highest BCUT2D eigenvalue weighted by Crippen LogP contribution is 2.20. The van der Waals surface area contributed by atoms with Gasteiger partial charge in [0.1, 0.15) is 11.3 Å². The van der Waals surface area contributed by atoms with Crippen LogP contribution in [0, 0.1) is 0 Å². The van der Waals surface area contributed by atoms with Crippen molar-refractivity contribution in [2.45, 2.75) is 13.3 Å². The molecule has 0 spiro atoms. The Kier molecular flexibility index (Phi) is 5.15. The molecule has 0 bridgehead atoms. The van der Waals surface area contributed by atoms with Gasteiger partial charge in [0.05, 0.1) is 6.61 Å². The van der Waals surface area contributed by atoms with Gasteiger partial charge in [0.2, 0.25) is 0 Å². The number of ketones is 1. The number of carbonyl (C=O) groups is 2. The number of carbonyl (C=O) groups excluding carboxylic acids is 2. The maximum absolute atomic E-state index is 11.6.